The normalized spacial score (nSPS) is 32.4. The molecule has 5 heteroatoms. The molecule has 4 nitrogen and oxygen atoms in total. The lowest BCUT2D eigenvalue weighted by Crippen LogP contribution is -2.44. The molecule has 2 fully saturated rings. The van der Waals surface area contributed by atoms with Gasteiger partial charge >= 0.3 is 5.97 Å². The van der Waals surface area contributed by atoms with Crippen molar-refractivity contribution in [2.24, 2.45) is 11.8 Å². The zero-order valence-electron chi connectivity index (χ0n) is 13.2. The number of rotatable bonds is 6. The maximum atomic E-state index is 12.5. The Bertz CT molecular complexity index is 388. The zero-order valence-corrected chi connectivity index (χ0v) is 14.8. The molecule has 0 aromatic rings. The Balaban J connectivity index is 1.74. The molecule has 2 aliphatic carbocycles. The highest BCUT2D eigenvalue weighted by molar-refractivity contribution is 9.09. The van der Waals surface area contributed by atoms with Gasteiger partial charge in [0.05, 0.1) is 5.92 Å². The summed E-state index contributed by atoms with van der Waals surface area (Å²) in [6, 6.07) is 0.290. The molecule has 0 aliphatic heterocycles. The van der Waals surface area contributed by atoms with E-state index < -0.39 is 5.97 Å². The first-order valence-electron chi connectivity index (χ1n) is 8.72. The molecular weight excluding hydrogens is 346 g/mol. The predicted octanol–water partition coefficient (Wildman–Crippen LogP) is 3.87. The van der Waals surface area contributed by atoms with Gasteiger partial charge in [0.15, 0.2) is 0 Å². The molecule has 0 spiro atoms. The SMILES string of the molecule is O=C(O)CCCC1CCCC(NC(=O)C2CCCCC2Br)C1. The Morgan fingerprint density at radius 3 is 2.59 bits per heavy atom. The summed E-state index contributed by atoms with van der Waals surface area (Å²) in [4.78, 5) is 23.4. The van der Waals surface area contributed by atoms with E-state index in [1.165, 1.54) is 12.8 Å². The van der Waals surface area contributed by atoms with Gasteiger partial charge in [0.2, 0.25) is 5.91 Å². The van der Waals surface area contributed by atoms with Gasteiger partial charge in [-0.25, -0.2) is 0 Å². The number of carbonyl (C=O) groups is 2. The van der Waals surface area contributed by atoms with Crippen LogP contribution in [0.4, 0.5) is 0 Å². The van der Waals surface area contributed by atoms with Crippen molar-refractivity contribution < 1.29 is 14.7 Å². The third-order valence-corrected chi connectivity index (χ3v) is 6.25. The van der Waals surface area contributed by atoms with E-state index in [0.29, 0.717) is 10.7 Å². The Hall–Kier alpha value is -0.580. The number of amides is 1. The molecule has 126 valence electrons. The molecular formula is C17H28BrNO3. The first kappa shape index (κ1) is 17.8. The third-order valence-electron chi connectivity index (χ3n) is 5.15. The molecule has 1 amide bonds. The maximum absolute atomic E-state index is 12.5. The first-order valence-corrected chi connectivity index (χ1v) is 9.64. The van der Waals surface area contributed by atoms with Crippen molar-refractivity contribution in [3.8, 4) is 0 Å². The van der Waals surface area contributed by atoms with Crippen molar-refractivity contribution in [2.75, 3.05) is 0 Å². The molecule has 22 heavy (non-hydrogen) atoms. The van der Waals surface area contributed by atoms with Crippen molar-refractivity contribution in [3.05, 3.63) is 0 Å². The highest BCUT2D eigenvalue weighted by atomic mass is 79.9. The van der Waals surface area contributed by atoms with Gasteiger partial charge in [0.25, 0.3) is 0 Å². The summed E-state index contributed by atoms with van der Waals surface area (Å²) in [5, 5.41) is 12.0. The number of hydrogen-bond acceptors (Lipinski definition) is 2. The van der Waals surface area contributed by atoms with Crippen molar-refractivity contribution in [1.29, 1.82) is 0 Å². The average molecular weight is 374 g/mol. The van der Waals surface area contributed by atoms with Gasteiger partial charge in [0.1, 0.15) is 0 Å². The van der Waals surface area contributed by atoms with Crippen molar-refractivity contribution in [2.45, 2.75) is 81.5 Å². The smallest absolute Gasteiger partial charge is 0.303 e. The second-order valence-corrected chi connectivity index (χ2v) is 8.11. The Morgan fingerprint density at radius 1 is 1.09 bits per heavy atom. The molecule has 0 radical (unpaired) electrons. The summed E-state index contributed by atoms with van der Waals surface area (Å²) in [6.45, 7) is 0. The molecule has 4 atom stereocenters. The quantitative estimate of drug-likeness (QED) is 0.694. The van der Waals surface area contributed by atoms with Crippen molar-refractivity contribution >= 4 is 27.8 Å². The monoisotopic (exact) mass is 373 g/mol. The molecule has 2 N–H and O–H groups in total. The Kier molecular flexibility index (Phi) is 7.19. The third kappa shape index (κ3) is 5.56. The number of alkyl halides is 1. The molecule has 2 saturated carbocycles. The van der Waals surface area contributed by atoms with Crippen LogP contribution in [0.25, 0.3) is 0 Å². The van der Waals surface area contributed by atoms with E-state index >= 15 is 0 Å². The standard InChI is InChI=1S/C17H28BrNO3/c18-15-9-2-1-8-14(15)17(22)19-13-7-3-5-12(11-13)6-4-10-16(20)21/h12-15H,1-11H2,(H,19,22)(H,20,21). The lowest BCUT2D eigenvalue weighted by atomic mass is 9.82. The number of carboxylic acids is 1. The van der Waals surface area contributed by atoms with E-state index in [9.17, 15) is 9.59 Å². The molecule has 4 unspecified atom stereocenters. The highest BCUT2D eigenvalue weighted by Crippen LogP contribution is 2.32. The summed E-state index contributed by atoms with van der Waals surface area (Å²) < 4.78 is 0. The van der Waals surface area contributed by atoms with Gasteiger partial charge in [-0.3, -0.25) is 9.59 Å². The fourth-order valence-corrected chi connectivity index (χ4v) is 4.74. The molecule has 0 heterocycles. The molecule has 2 aliphatic rings. The van der Waals surface area contributed by atoms with Gasteiger partial charge in [-0.2, -0.15) is 0 Å². The number of carbonyl (C=O) groups excluding carboxylic acids is 1. The second kappa shape index (κ2) is 8.90. The van der Waals surface area contributed by atoms with Crippen LogP contribution in [0.1, 0.15) is 70.6 Å². The fourth-order valence-electron chi connectivity index (χ4n) is 3.92. The van der Waals surface area contributed by atoms with E-state index in [1.54, 1.807) is 0 Å². The van der Waals surface area contributed by atoms with E-state index in [1.807, 2.05) is 0 Å². The minimum absolute atomic E-state index is 0.126. The van der Waals surface area contributed by atoms with Gasteiger partial charge in [-0.1, -0.05) is 41.6 Å². The van der Waals surface area contributed by atoms with Crippen LogP contribution in [0.15, 0.2) is 0 Å². The van der Waals surface area contributed by atoms with Crippen LogP contribution >= 0.6 is 15.9 Å². The van der Waals surface area contributed by atoms with Gasteiger partial charge in [0, 0.05) is 17.3 Å². The minimum atomic E-state index is -0.707. The number of aliphatic carboxylic acids is 1. The van der Waals surface area contributed by atoms with Crippen LogP contribution in [-0.2, 0) is 9.59 Å². The lowest BCUT2D eigenvalue weighted by Gasteiger charge is -2.33. The minimum Gasteiger partial charge on any atom is -0.481 e. The topological polar surface area (TPSA) is 66.4 Å². The van der Waals surface area contributed by atoms with E-state index in [2.05, 4.69) is 21.2 Å². The van der Waals surface area contributed by atoms with Crippen LogP contribution < -0.4 is 5.32 Å². The van der Waals surface area contributed by atoms with E-state index in [0.717, 1.165) is 51.4 Å². The molecule has 0 saturated heterocycles. The number of halogens is 1. The fraction of sp³-hybridized carbons (Fsp3) is 0.882. The van der Waals surface area contributed by atoms with Crippen molar-refractivity contribution in [3.63, 3.8) is 0 Å². The van der Waals surface area contributed by atoms with Crippen LogP contribution in [-0.4, -0.2) is 27.9 Å². The Labute approximate surface area is 141 Å². The largest absolute Gasteiger partial charge is 0.481 e. The maximum Gasteiger partial charge on any atom is 0.303 e. The van der Waals surface area contributed by atoms with Crippen LogP contribution in [0, 0.1) is 11.8 Å². The lowest BCUT2D eigenvalue weighted by molar-refractivity contribution is -0.137. The molecule has 2 rings (SSSR count). The molecule has 0 aromatic carbocycles. The summed E-state index contributed by atoms with van der Waals surface area (Å²) in [7, 11) is 0. The number of nitrogens with one attached hydrogen (secondary N) is 1. The van der Waals surface area contributed by atoms with Gasteiger partial charge in [-0.05, 0) is 44.4 Å². The summed E-state index contributed by atoms with van der Waals surface area (Å²) in [5.74, 6) is 0.213. The van der Waals surface area contributed by atoms with Crippen LogP contribution in [0.3, 0.4) is 0 Å². The van der Waals surface area contributed by atoms with Crippen LogP contribution in [0.2, 0.25) is 0 Å². The summed E-state index contributed by atoms with van der Waals surface area (Å²) in [6.07, 6.45) is 10.9. The summed E-state index contributed by atoms with van der Waals surface area (Å²) in [5.41, 5.74) is 0. The summed E-state index contributed by atoms with van der Waals surface area (Å²) >= 11 is 3.66. The van der Waals surface area contributed by atoms with Crippen molar-refractivity contribution in [1.82, 2.24) is 5.32 Å². The zero-order chi connectivity index (χ0) is 15.9. The van der Waals surface area contributed by atoms with Gasteiger partial charge in [-0.15, -0.1) is 0 Å². The van der Waals surface area contributed by atoms with E-state index in [4.69, 9.17) is 5.11 Å². The van der Waals surface area contributed by atoms with Gasteiger partial charge < -0.3 is 10.4 Å². The van der Waals surface area contributed by atoms with Crippen LogP contribution in [0.5, 0.6) is 0 Å². The van der Waals surface area contributed by atoms with E-state index in [-0.39, 0.29) is 24.3 Å². The molecule has 0 bridgehead atoms. The second-order valence-electron chi connectivity index (χ2n) is 6.93. The molecule has 0 aromatic heterocycles. The Morgan fingerprint density at radius 2 is 1.86 bits per heavy atom. The predicted molar refractivity (Wildman–Crippen MR) is 90.0 cm³/mol. The average Bonchev–Trinajstić information content (AvgIpc) is 2.47. The first-order chi connectivity index (χ1) is 10.6. The number of carboxylic acid groups (broad SMARTS) is 1. The highest BCUT2D eigenvalue weighted by Gasteiger charge is 2.31. The number of hydrogen-bond donors (Lipinski definition) is 2.